The molecule has 0 radical (unpaired) electrons. The van der Waals surface area contributed by atoms with Gasteiger partial charge in [0.25, 0.3) is 0 Å². The van der Waals surface area contributed by atoms with Gasteiger partial charge in [0.1, 0.15) is 12.5 Å². The number of hydrogen-bond donors (Lipinski definition) is 1. The van der Waals surface area contributed by atoms with Crippen molar-refractivity contribution < 1.29 is 13.6 Å². The van der Waals surface area contributed by atoms with E-state index in [4.69, 9.17) is 0 Å². The second kappa shape index (κ2) is 7.81. The molecule has 0 spiro atoms. The van der Waals surface area contributed by atoms with E-state index in [9.17, 15) is 13.6 Å². The van der Waals surface area contributed by atoms with E-state index in [1.807, 2.05) is 6.07 Å². The Balaban J connectivity index is 1.84. The van der Waals surface area contributed by atoms with Crippen LogP contribution in [0.15, 0.2) is 30.3 Å². The van der Waals surface area contributed by atoms with Gasteiger partial charge in [0.2, 0.25) is 5.91 Å². The highest BCUT2D eigenvalue weighted by atomic mass is 19.1. The molecule has 6 heteroatoms. The minimum Gasteiger partial charge on any atom is -0.371 e. The molecule has 26 heavy (non-hydrogen) atoms. The summed E-state index contributed by atoms with van der Waals surface area (Å²) < 4.78 is 27.2. The second-order valence-electron chi connectivity index (χ2n) is 6.76. The van der Waals surface area contributed by atoms with Gasteiger partial charge in [-0.25, -0.2) is 13.8 Å². The van der Waals surface area contributed by atoms with Crippen molar-refractivity contribution in [1.29, 1.82) is 0 Å². The van der Waals surface area contributed by atoms with Crippen molar-refractivity contribution in [2.45, 2.75) is 39.4 Å². The van der Waals surface area contributed by atoms with E-state index in [1.165, 1.54) is 13.0 Å². The lowest BCUT2D eigenvalue weighted by Crippen LogP contribution is -2.44. The number of halogens is 2. The number of aromatic nitrogens is 1. The molecule has 0 atom stereocenters. The van der Waals surface area contributed by atoms with Crippen LogP contribution >= 0.6 is 0 Å². The molecule has 1 aliphatic heterocycles. The number of carbonyl (C=O) groups is 1. The molecule has 1 aliphatic rings. The SMILES string of the molecule is CC(=O)NC1CCN(c2cc(CF)nc(-c3ccc(C)c(F)c3)c2)CC1. The van der Waals surface area contributed by atoms with E-state index in [0.717, 1.165) is 31.6 Å². The Kier molecular flexibility index (Phi) is 5.49. The molecule has 3 rings (SSSR count). The fraction of sp³-hybridized carbons (Fsp3) is 0.400. The number of nitrogens with one attached hydrogen (secondary N) is 1. The van der Waals surface area contributed by atoms with Crippen LogP contribution in [-0.4, -0.2) is 30.0 Å². The topological polar surface area (TPSA) is 45.2 Å². The molecule has 2 heterocycles. The summed E-state index contributed by atoms with van der Waals surface area (Å²) in [7, 11) is 0. The predicted octanol–water partition coefficient (Wildman–Crippen LogP) is 3.77. The first kappa shape index (κ1) is 18.3. The number of aryl methyl sites for hydroxylation is 1. The van der Waals surface area contributed by atoms with Crippen molar-refractivity contribution >= 4 is 11.6 Å². The number of nitrogens with zero attached hydrogens (tertiary/aromatic N) is 2. The zero-order chi connectivity index (χ0) is 18.7. The standard InChI is InChI=1S/C20H23F2N3O/c1-13-3-4-15(9-19(13)22)20-11-18(10-17(12-21)24-20)25-7-5-16(6-8-25)23-14(2)26/h3-4,9-11,16H,5-8,12H2,1-2H3,(H,23,26). The highest BCUT2D eigenvalue weighted by molar-refractivity contribution is 5.73. The van der Waals surface area contributed by atoms with Gasteiger partial charge in [-0.15, -0.1) is 0 Å². The average molecular weight is 359 g/mol. The Morgan fingerprint density at radius 2 is 2.00 bits per heavy atom. The molecule has 0 bridgehead atoms. The third kappa shape index (κ3) is 4.18. The maximum absolute atomic E-state index is 13.9. The largest absolute Gasteiger partial charge is 0.371 e. The van der Waals surface area contributed by atoms with Crippen LogP contribution in [0.2, 0.25) is 0 Å². The minimum atomic E-state index is -0.669. The summed E-state index contributed by atoms with van der Waals surface area (Å²) >= 11 is 0. The smallest absolute Gasteiger partial charge is 0.217 e. The van der Waals surface area contributed by atoms with E-state index in [2.05, 4.69) is 15.2 Å². The average Bonchev–Trinajstić information content (AvgIpc) is 2.63. The van der Waals surface area contributed by atoms with Crippen LogP contribution in [0, 0.1) is 12.7 Å². The molecule has 0 saturated carbocycles. The molecule has 4 nitrogen and oxygen atoms in total. The number of piperidine rings is 1. The van der Waals surface area contributed by atoms with Gasteiger partial charge in [-0.2, -0.15) is 0 Å². The molecule has 0 aliphatic carbocycles. The van der Waals surface area contributed by atoms with Gasteiger partial charge >= 0.3 is 0 Å². The lowest BCUT2D eigenvalue weighted by atomic mass is 10.0. The molecule has 1 fully saturated rings. The summed E-state index contributed by atoms with van der Waals surface area (Å²) in [6.45, 7) is 4.09. The van der Waals surface area contributed by atoms with Crippen LogP contribution in [0.1, 0.15) is 31.0 Å². The van der Waals surface area contributed by atoms with Crippen LogP contribution in [-0.2, 0) is 11.5 Å². The first-order valence-electron chi connectivity index (χ1n) is 8.82. The van der Waals surface area contributed by atoms with Gasteiger partial charge in [0.05, 0.1) is 11.4 Å². The number of rotatable bonds is 4. The summed E-state index contributed by atoms with van der Waals surface area (Å²) in [6.07, 6.45) is 1.67. The summed E-state index contributed by atoms with van der Waals surface area (Å²) in [5.41, 5.74) is 2.99. The van der Waals surface area contributed by atoms with Gasteiger partial charge in [-0.3, -0.25) is 4.79 Å². The molecule has 1 saturated heterocycles. The molecule has 1 aromatic heterocycles. The minimum absolute atomic E-state index is 0.0178. The Morgan fingerprint density at radius 3 is 2.62 bits per heavy atom. The first-order valence-corrected chi connectivity index (χ1v) is 8.82. The number of amides is 1. The van der Waals surface area contributed by atoms with E-state index in [0.29, 0.717) is 22.5 Å². The Labute approximate surface area is 152 Å². The first-order chi connectivity index (χ1) is 12.5. The lowest BCUT2D eigenvalue weighted by Gasteiger charge is -2.34. The molecule has 0 unspecified atom stereocenters. The third-order valence-corrected chi connectivity index (χ3v) is 4.74. The van der Waals surface area contributed by atoms with E-state index >= 15 is 0 Å². The zero-order valence-corrected chi connectivity index (χ0v) is 15.1. The fourth-order valence-electron chi connectivity index (χ4n) is 3.29. The maximum atomic E-state index is 13.9. The maximum Gasteiger partial charge on any atom is 0.217 e. The number of carbonyl (C=O) groups excluding carboxylic acids is 1. The second-order valence-corrected chi connectivity index (χ2v) is 6.76. The van der Waals surface area contributed by atoms with Gasteiger partial charge in [0.15, 0.2) is 0 Å². The molecule has 138 valence electrons. The van der Waals surface area contributed by atoms with Crippen LogP contribution in [0.4, 0.5) is 14.5 Å². The van der Waals surface area contributed by atoms with Gasteiger partial charge < -0.3 is 10.2 Å². The highest BCUT2D eigenvalue weighted by Crippen LogP contribution is 2.28. The van der Waals surface area contributed by atoms with Crippen molar-refractivity contribution in [1.82, 2.24) is 10.3 Å². The van der Waals surface area contributed by atoms with E-state index in [1.54, 1.807) is 25.1 Å². The number of benzene rings is 1. The Morgan fingerprint density at radius 1 is 1.27 bits per heavy atom. The summed E-state index contributed by atoms with van der Waals surface area (Å²) in [4.78, 5) is 17.7. The van der Waals surface area contributed by atoms with E-state index in [-0.39, 0.29) is 17.8 Å². The normalized spacial score (nSPS) is 15.2. The van der Waals surface area contributed by atoms with Crippen molar-refractivity contribution in [3.8, 4) is 11.3 Å². The molecular formula is C20H23F2N3O. The number of pyridine rings is 1. The number of hydrogen-bond acceptors (Lipinski definition) is 3. The summed E-state index contributed by atoms with van der Waals surface area (Å²) in [5, 5.41) is 2.95. The van der Waals surface area contributed by atoms with E-state index < -0.39 is 6.67 Å². The van der Waals surface area contributed by atoms with Crippen LogP contribution < -0.4 is 10.2 Å². The quantitative estimate of drug-likeness (QED) is 0.904. The van der Waals surface area contributed by atoms with Crippen LogP contribution in [0.3, 0.4) is 0 Å². The third-order valence-electron chi connectivity index (χ3n) is 4.74. The lowest BCUT2D eigenvalue weighted by molar-refractivity contribution is -0.119. The monoisotopic (exact) mass is 359 g/mol. The number of anilines is 1. The van der Waals surface area contributed by atoms with Crippen LogP contribution in [0.5, 0.6) is 0 Å². The zero-order valence-electron chi connectivity index (χ0n) is 15.1. The predicted molar refractivity (Wildman–Crippen MR) is 98.2 cm³/mol. The molecule has 1 aromatic carbocycles. The highest BCUT2D eigenvalue weighted by Gasteiger charge is 2.21. The van der Waals surface area contributed by atoms with Crippen molar-refractivity contribution in [3.63, 3.8) is 0 Å². The Bertz CT molecular complexity index is 802. The Hall–Kier alpha value is -2.50. The van der Waals surface area contributed by atoms with Crippen molar-refractivity contribution in [2.75, 3.05) is 18.0 Å². The summed E-state index contributed by atoms with van der Waals surface area (Å²) in [5.74, 6) is -0.316. The molecular weight excluding hydrogens is 336 g/mol. The van der Waals surface area contributed by atoms with Gasteiger partial charge in [-0.05, 0) is 43.5 Å². The molecule has 1 amide bonds. The van der Waals surface area contributed by atoms with Crippen molar-refractivity contribution in [3.05, 3.63) is 47.4 Å². The van der Waals surface area contributed by atoms with Gasteiger partial charge in [-0.1, -0.05) is 12.1 Å². The molecule has 2 aromatic rings. The molecule has 1 N–H and O–H groups in total. The summed E-state index contributed by atoms with van der Waals surface area (Å²) in [6, 6.07) is 8.74. The number of alkyl halides is 1. The van der Waals surface area contributed by atoms with Crippen LogP contribution in [0.25, 0.3) is 11.3 Å². The fourth-order valence-corrected chi connectivity index (χ4v) is 3.29. The van der Waals surface area contributed by atoms with Crippen molar-refractivity contribution in [2.24, 2.45) is 0 Å². The van der Waals surface area contributed by atoms with Gasteiger partial charge in [0, 0.05) is 37.3 Å².